The van der Waals surface area contributed by atoms with E-state index in [-0.39, 0.29) is 5.56 Å². The first-order valence-electron chi connectivity index (χ1n) is 9.13. The number of hydrogen-bond donors (Lipinski definition) is 1. The van der Waals surface area contributed by atoms with E-state index in [0.29, 0.717) is 17.5 Å². The lowest BCUT2D eigenvalue weighted by molar-refractivity contribution is 0.102. The molecule has 1 amide bonds. The van der Waals surface area contributed by atoms with Gasteiger partial charge < -0.3 is 10.1 Å². The fraction of sp³-hybridized carbons (Fsp3) is 0.350. The highest BCUT2D eigenvalue weighted by Gasteiger charge is 2.18. The zero-order valence-electron chi connectivity index (χ0n) is 15.1. The van der Waals surface area contributed by atoms with Crippen molar-refractivity contribution in [3.63, 3.8) is 0 Å². The lowest BCUT2D eigenvalue weighted by Gasteiger charge is -2.21. The third-order valence-corrected chi connectivity index (χ3v) is 5.01. The van der Waals surface area contributed by atoms with Gasteiger partial charge in [-0.1, -0.05) is 19.3 Å². The van der Waals surface area contributed by atoms with E-state index in [4.69, 9.17) is 9.84 Å². The number of fused-ring (bicyclic) bond motifs is 1. The maximum Gasteiger partial charge on any atom is 0.257 e. The number of halogens is 1. The van der Waals surface area contributed by atoms with Crippen LogP contribution in [0, 0.1) is 5.82 Å². The van der Waals surface area contributed by atoms with Crippen LogP contribution in [-0.2, 0) is 0 Å². The van der Waals surface area contributed by atoms with Crippen LogP contribution in [0.15, 0.2) is 36.8 Å². The topological polar surface area (TPSA) is 69.0 Å². The van der Waals surface area contributed by atoms with Gasteiger partial charge in [-0.15, -0.1) is 0 Å². The molecule has 0 atom stereocenters. The molecular weight excluding hydrogens is 347 g/mol. The second-order valence-corrected chi connectivity index (χ2v) is 6.86. The van der Waals surface area contributed by atoms with E-state index in [1.165, 1.54) is 25.5 Å². The van der Waals surface area contributed by atoms with Gasteiger partial charge in [0.1, 0.15) is 11.6 Å². The lowest BCUT2D eigenvalue weighted by Crippen LogP contribution is -2.13. The summed E-state index contributed by atoms with van der Waals surface area (Å²) in [5.41, 5.74) is 1.49. The third kappa shape index (κ3) is 3.63. The molecule has 7 heteroatoms. The number of pyridine rings is 1. The smallest absolute Gasteiger partial charge is 0.257 e. The molecule has 0 aliphatic heterocycles. The Balaban J connectivity index is 1.64. The number of aromatic nitrogens is 3. The van der Waals surface area contributed by atoms with Gasteiger partial charge in [0.15, 0.2) is 0 Å². The van der Waals surface area contributed by atoms with Crippen molar-refractivity contribution in [2.45, 2.75) is 38.1 Å². The number of nitrogens with one attached hydrogen (secondary N) is 1. The summed E-state index contributed by atoms with van der Waals surface area (Å²) >= 11 is 0. The van der Waals surface area contributed by atoms with Crippen LogP contribution in [0.5, 0.6) is 5.75 Å². The Morgan fingerprint density at radius 2 is 2.04 bits per heavy atom. The largest absolute Gasteiger partial charge is 0.494 e. The molecule has 2 heterocycles. The first-order chi connectivity index (χ1) is 13.1. The van der Waals surface area contributed by atoms with E-state index >= 15 is 0 Å². The quantitative estimate of drug-likeness (QED) is 0.744. The second kappa shape index (κ2) is 7.34. The summed E-state index contributed by atoms with van der Waals surface area (Å²) in [5.74, 6) is -0.493. The van der Waals surface area contributed by atoms with Gasteiger partial charge >= 0.3 is 0 Å². The van der Waals surface area contributed by atoms with E-state index in [0.717, 1.165) is 36.0 Å². The maximum absolute atomic E-state index is 13.3. The average molecular weight is 368 g/mol. The highest BCUT2D eigenvalue weighted by atomic mass is 19.1. The van der Waals surface area contributed by atoms with Crippen molar-refractivity contribution in [2.75, 3.05) is 12.4 Å². The predicted octanol–water partition coefficient (Wildman–Crippen LogP) is 4.34. The molecule has 140 valence electrons. The molecule has 1 N–H and O–H groups in total. The molecule has 1 saturated carbocycles. The molecule has 1 aliphatic carbocycles. The van der Waals surface area contributed by atoms with Crippen LogP contribution in [0.1, 0.15) is 48.5 Å². The van der Waals surface area contributed by atoms with E-state index in [2.05, 4.69) is 10.3 Å². The van der Waals surface area contributed by atoms with Gasteiger partial charge in [0.2, 0.25) is 0 Å². The Bertz CT molecular complexity index is 979. The van der Waals surface area contributed by atoms with Gasteiger partial charge in [-0.3, -0.25) is 14.5 Å². The molecule has 27 heavy (non-hydrogen) atoms. The number of nitrogens with zero attached hydrogens (tertiary/aromatic N) is 3. The molecule has 6 nitrogen and oxygen atoms in total. The first-order valence-corrected chi connectivity index (χ1v) is 9.13. The highest BCUT2D eigenvalue weighted by Crippen LogP contribution is 2.33. The van der Waals surface area contributed by atoms with Gasteiger partial charge in [0.05, 0.1) is 36.1 Å². The molecule has 0 saturated heterocycles. The number of hydrogen-bond acceptors (Lipinski definition) is 4. The fourth-order valence-corrected chi connectivity index (χ4v) is 3.60. The maximum atomic E-state index is 13.3. The van der Waals surface area contributed by atoms with Crippen LogP contribution in [0.2, 0.25) is 0 Å². The highest BCUT2D eigenvalue weighted by molar-refractivity contribution is 6.06. The monoisotopic (exact) mass is 368 g/mol. The minimum atomic E-state index is -0.557. The van der Waals surface area contributed by atoms with Crippen LogP contribution in [0.3, 0.4) is 0 Å². The van der Waals surface area contributed by atoms with Crippen LogP contribution in [-0.4, -0.2) is 27.8 Å². The number of carbonyl (C=O) groups is 1. The fourth-order valence-electron chi connectivity index (χ4n) is 3.60. The molecular formula is C20H21FN4O2. The minimum Gasteiger partial charge on any atom is -0.494 e. The molecule has 3 aromatic rings. The number of anilines is 1. The molecule has 4 rings (SSSR count). The number of benzene rings is 1. The predicted molar refractivity (Wildman–Crippen MR) is 101 cm³/mol. The van der Waals surface area contributed by atoms with Crippen LogP contribution in [0.25, 0.3) is 10.9 Å². The molecule has 2 aromatic heterocycles. The number of methoxy groups -OCH3 is 1. The molecule has 0 unspecified atom stereocenters. The van der Waals surface area contributed by atoms with Gasteiger partial charge in [-0.25, -0.2) is 4.39 Å². The molecule has 0 bridgehead atoms. The lowest BCUT2D eigenvalue weighted by atomic mass is 9.96. The molecule has 0 radical (unpaired) electrons. The van der Waals surface area contributed by atoms with Gasteiger partial charge in [0, 0.05) is 23.8 Å². The Kier molecular flexibility index (Phi) is 4.75. The number of amides is 1. The zero-order chi connectivity index (χ0) is 18.8. The van der Waals surface area contributed by atoms with E-state index in [1.54, 1.807) is 7.11 Å². The van der Waals surface area contributed by atoms with Crippen LogP contribution < -0.4 is 10.1 Å². The van der Waals surface area contributed by atoms with Gasteiger partial charge in [-0.2, -0.15) is 5.10 Å². The number of ether oxygens (including phenoxy) is 1. The molecule has 1 aliphatic rings. The van der Waals surface area contributed by atoms with Gasteiger partial charge in [0.25, 0.3) is 5.91 Å². The normalized spacial score (nSPS) is 15.0. The summed E-state index contributed by atoms with van der Waals surface area (Å²) in [4.78, 5) is 16.1. The van der Waals surface area contributed by atoms with Crippen molar-refractivity contribution in [3.8, 4) is 5.75 Å². The first kappa shape index (κ1) is 17.5. The molecule has 0 spiro atoms. The summed E-state index contributed by atoms with van der Waals surface area (Å²) in [6, 6.07) is 5.22. The molecule has 1 fully saturated rings. The van der Waals surface area contributed by atoms with Crippen molar-refractivity contribution in [1.29, 1.82) is 0 Å². The van der Waals surface area contributed by atoms with E-state index in [1.807, 2.05) is 23.0 Å². The zero-order valence-corrected chi connectivity index (χ0v) is 15.1. The number of rotatable bonds is 4. The van der Waals surface area contributed by atoms with Crippen molar-refractivity contribution in [1.82, 2.24) is 14.8 Å². The van der Waals surface area contributed by atoms with Crippen molar-refractivity contribution in [3.05, 3.63) is 48.2 Å². The number of carbonyl (C=O) groups excluding carboxylic acids is 1. The molecule has 1 aromatic carbocycles. The summed E-state index contributed by atoms with van der Waals surface area (Å²) < 4.78 is 20.8. The summed E-state index contributed by atoms with van der Waals surface area (Å²) in [5, 5.41) is 8.40. The van der Waals surface area contributed by atoms with Crippen molar-refractivity contribution < 1.29 is 13.9 Å². The van der Waals surface area contributed by atoms with Crippen LogP contribution >= 0.6 is 0 Å². The van der Waals surface area contributed by atoms with E-state index < -0.39 is 11.7 Å². The minimum absolute atomic E-state index is 0.148. The van der Waals surface area contributed by atoms with Gasteiger partial charge in [-0.05, 0) is 25.0 Å². The Hall–Kier alpha value is -2.96. The Labute approximate surface area is 156 Å². The summed E-state index contributed by atoms with van der Waals surface area (Å²) in [7, 11) is 1.54. The van der Waals surface area contributed by atoms with Crippen molar-refractivity contribution in [2.24, 2.45) is 0 Å². The Morgan fingerprint density at radius 3 is 2.78 bits per heavy atom. The third-order valence-electron chi connectivity index (χ3n) is 5.01. The van der Waals surface area contributed by atoms with E-state index in [9.17, 15) is 9.18 Å². The van der Waals surface area contributed by atoms with Crippen LogP contribution in [0.4, 0.5) is 10.1 Å². The summed E-state index contributed by atoms with van der Waals surface area (Å²) in [6.45, 7) is 0. The second-order valence-electron chi connectivity index (χ2n) is 6.86. The average Bonchev–Trinajstić information content (AvgIpc) is 3.11. The van der Waals surface area contributed by atoms with Crippen molar-refractivity contribution >= 4 is 22.5 Å². The standard InChI is InChI=1S/C20H21FN4O2/c1-27-19-9-17-14(12-25(24-17)16-5-3-2-4-6-16)8-18(19)23-20(26)13-7-15(21)11-22-10-13/h7-12,16H,2-6H2,1H3,(H,23,26). The Morgan fingerprint density at radius 1 is 1.22 bits per heavy atom. The SMILES string of the molecule is COc1cc2nn(C3CCCCC3)cc2cc1NC(=O)c1cncc(F)c1. The summed E-state index contributed by atoms with van der Waals surface area (Å²) in [6.07, 6.45) is 10.4.